The third-order valence-corrected chi connectivity index (χ3v) is 23.5. The van der Waals surface area contributed by atoms with Gasteiger partial charge in [0.05, 0.1) is 78.7 Å². The van der Waals surface area contributed by atoms with Crippen molar-refractivity contribution < 1.29 is 57.2 Å². The number of hydrogen-bond donors (Lipinski definition) is 0. The van der Waals surface area contributed by atoms with Crippen molar-refractivity contribution in [3.63, 3.8) is 0 Å². The van der Waals surface area contributed by atoms with Crippen LogP contribution in [0.15, 0.2) is 0 Å². The number of rotatable bonds is 93. The fourth-order valence-corrected chi connectivity index (χ4v) is 14.6. The maximum Gasteiger partial charge on any atom is 0.307 e. The molecule has 0 atom stereocenters. The van der Waals surface area contributed by atoms with Crippen LogP contribution in [0, 0.1) is 0 Å². The molecule has 0 aliphatic heterocycles. The predicted octanol–water partition coefficient (Wildman–Crippen LogP) is 21.8. The number of esters is 6. The van der Waals surface area contributed by atoms with Crippen LogP contribution in [0.1, 0.15) is 407 Å². The molecule has 0 aromatic carbocycles. The molecule has 20 heteroatoms. The Labute approximate surface area is 735 Å². The van der Waals surface area contributed by atoms with Gasteiger partial charge in [-0.25, -0.2) is 0 Å². The van der Waals surface area contributed by atoms with Crippen molar-refractivity contribution in [2.75, 3.05) is 200 Å². The molecule has 0 bridgehead atoms. The van der Waals surface area contributed by atoms with Crippen LogP contribution in [-0.4, -0.2) is 275 Å². The van der Waals surface area contributed by atoms with E-state index in [0.717, 1.165) is 143 Å². The fraction of sp³-hybridized carbons (Fsp3) is 0.939. The number of unbranched alkanes of at least 4 members (excludes halogenated alkanes) is 47. The SMILES string of the molecule is CCCCCCCCCCCCCOC(=O)CCN(C)CCN(CCN(C)CCC(=O)OC)CCN(C)CCC(=O)OCCCCCCCCCCCCC.CCCCCCCCCCCCOC(=O)CCN(C)CCN(CCN(C)CCC(=O)OCCCCCCCCCCCC)CCN(C)CCC(=O)OCCCCCCCCCCCC. The van der Waals surface area contributed by atoms with E-state index in [2.05, 4.69) is 109 Å². The average molecular weight is 1690 g/mol. The summed E-state index contributed by atoms with van der Waals surface area (Å²) in [4.78, 5) is 92.0. The average Bonchev–Trinajstić information content (AvgIpc) is 0.948. The van der Waals surface area contributed by atoms with Crippen molar-refractivity contribution in [2.45, 2.75) is 407 Å². The van der Waals surface area contributed by atoms with Crippen LogP contribution in [0.25, 0.3) is 0 Å². The van der Waals surface area contributed by atoms with Crippen molar-refractivity contribution in [3.8, 4) is 0 Å². The van der Waals surface area contributed by atoms with Crippen LogP contribution in [-0.2, 0) is 57.2 Å². The van der Waals surface area contributed by atoms with E-state index >= 15 is 0 Å². The molecule has 0 rings (SSSR count). The molecule has 0 spiro atoms. The summed E-state index contributed by atoms with van der Waals surface area (Å²) in [6.07, 6.45) is 68.7. The van der Waals surface area contributed by atoms with E-state index in [-0.39, 0.29) is 35.8 Å². The highest BCUT2D eigenvalue weighted by molar-refractivity contribution is 5.71. The lowest BCUT2D eigenvalue weighted by molar-refractivity contribution is -0.145. The topological polar surface area (TPSA) is 184 Å². The lowest BCUT2D eigenvalue weighted by atomic mass is 10.1. The Balaban J connectivity index is 0. The molecule has 0 aliphatic carbocycles. The van der Waals surface area contributed by atoms with E-state index in [1.807, 2.05) is 7.05 Å². The largest absolute Gasteiger partial charge is 0.469 e. The molecule has 0 heterocycles. The molecule has 0 radical (unpaired) electrons. The number of likely N-dealkylation sites (N-methyl/N-ethyl adjacent to an activating group) is 6. The lowest BCUT2D eigenvalue weighted by Gasteiger charge is -2.29. The van der Waals surface area contributed by atoms with Crippen molar-refractivity contribution in [1.82, 2.24) is 39.2 Å². The van der Waals surface area contributed by atoms with Crippen LogP contribution in [0.4, 0.5) is 0 Å². The van der Waals surface area contributed by atoms with Gasteiger partial charge >= 0.3 is 35.8 Å². The zero-order valence-corrected chi connectivity index (χ0v) is 80.8. The number of ether oxygens (including phenoxy) is 6. The first-order valence-corrected chi connectivity index (χ1v) is 50.3. The van der Waals surface area contributed by atoms with Crippen molar-refractivity contribution >= 4 is 35.8 Å². The summed E-state index contributed by atoms with van der Waals surface area (Å²) in [5, 5.41) is 0. The van der Waals surface area contributed by atoms with E-state index in [1.54, 1.807) is 0 Å². The summed E-state index contributed by atoms with van der Waals surface area (Å²) in [5.41, 5.74) is 0. The fourth-order valence-electron chi connectivity index (χ4n) is 14.6. The second-order valence-corrected chi connectivity index (χ2v) is 35.3. The summed E-state index contributed by atoms with van der Waals surface area (Å²) in [6, 6.07) is 0. The lowest BCUT2D eigenvalue weighted by Crippen LogP contribution is -2.42. The highest BCUT2D eigenvalue weighted by atomic mass is 16.5. The minimum Gasteiger partial charge on any atom is -0.469 e. The second-order valence-electron chi connectivity index (χ2n) is 35.3. The zero-order chi connectivity index (χ0) is 87.6. The number of carbonyl (C=O) groups is 6. The normalized spacial score (nSPS) is 11.7. The number of hydrogen-bond acceptors (Lipinski definition) is 20. The summed E-state index contributed by atoms with van der Waals surface area (Å²) in [5.74, 6) is -0.726. The van der Waals surface area contributed by atoms with Gasteiger partial charge in [0, 0.05) is 118 Å². The van der Waals surface area contributed by atoms with Gasteiger partial charge in [-0.1, -0.05) is 336 Å². The Morgan fingerprint density at radius 2 is 0.294 bits per heavy atom. The molecule has 20 nitrogen and oxygen atoms in total. The number of carbonyl (C=O) groups excluding carboxylic acids is 6. The molecule has 0 unspecified atom stereocenters. The quantitative estimate of drug-likeness (QED) is 0.0318. The van der Waals surface area contributed by atoms with Gasteiger partial charge in [-0.3, -0.25) is 38.6 Å². The summed E-state index contributed by atoms with van der Waals surface area (Å²) in [7, 11) is 13.8. The molecular formula is C99H198N8O12. The van der Waals surface area contributed by atoms with Gasteiger partial charge in [-0.15, -0.1) is 0 Å². The third-order valence-electron chi connectivity index (χ3n) is 23.5. The van der Waals surface area contributed by atoms with E-state index in [1.165, 1.54) is 277 Å². The standard InChI is InChI=1S/C54H108N4O6.C45H90N4O6/c1-7-10-13-16-19-22-25-28-31-34-49-62-52(59)37-40-55(4)43-46-58(47-44-56(5)41-38-53(60)63-50-35-32-29-26-23-20-17-14-11-8-2)48-45-57(6)42-39-54(61)64-51-36-33-30-27-24-21-18-15-12-9-3;1-7-9-11-13-15-17-19-21-23-25-27-41-54-44(51)30-33-47(4)36-39-49(38-35-46(3)32-29-43(50)53-6)40-37-48(5)34-31-45(52)55-42-28-26-24-22-20-18-16-14-12-10-8-2/h7-51H2,1-6H3;7-42H2,1-6H3. The molecule has 0 aromatic rings. The van der Waals surface area contributed by atoms with Gasteiger partial charge in [0.25, 0.3) is 0 Å². The van der Waals surface area contributed by atoms with Gasteiger partial charge < -0.3 is 57.8 Å². The first-order valence-electron chi connectivity index (χ1n) is 50.3. The van der Waals surface area contributed by atoms with Crippen LogP contribution < -0.4 is 0 Å². The molecule has 119 heavy (non-hydrogen) atoms. The highest BCUT2D eigenvalue weighted by Crippen LogP contribution is 2.17. The zero-order valence-electron chi connectivity index (χ0n) is 80.8. The predicted molar refractivity (Wildman–Crippen MR) is 501 cm³/mol. The van der Waals surface area contributed by atoms with Crippen molar-refractivity contribution in [3.05, 3.63) is 0 Å². The Kier molecular flexibility index (Phi) is 92.5. The van der Waals surface area contributed by atoms with Crippen LogP contribution in [0.5, 0.6) is 0 Å². The van der Waals surface area contributed by atoms with E-state index in [9.17, 15) is 28.8 Å². The summed E-state index contributed by atoms with van der Waals surface area (Å²) in [6.45, 7) is 28.2. The smallest absolute Gasteiger partial charge is 0.307 e. The Bertz CT molecular complexity index is 2010. The van der Waals surface area contributed by atoms with E-state index < -0.39 is 0 Å². The molecular weight excluding hydrogens is 1490 g/mol. The van der Waals surface area contributed by atoms with Gasteiger partial charge in [0.15, 0.2) is 0 Å². The minimum absolute atomic E-state index is 0.105. The monoisotopic (exact) mass is 1690 g/mol. The molecule has 0 amide bonds. The number of methoxy groups -OCH3 is 1. The van der Waals surface area contributed by atoms with Gasteiger partial charge in [0.1, 0.15) is 0 Å². The van der Waals surface area contributed by atoms with Crippen molar-refractivity contribution in [1.29, 1.82) is 0 Å². The Hall–Kier alpha value is -3.50. The highest BCUT2D eigenvalue weighted by Gasteiger charge is 2.17. The van der Waals surface area contributed by atoms with Crippen molar-refractivity contribution in [2.24, 2.45) is 0 Å². The molecule has 706 valence electrons. The third kappa shape index (κ3) is 92.0. The van der Waals surface area contributed by atoms with Gasteiger partial charge in [-0.2, -0.15) is 0 Å². The summed E-state index contributed by atoms with van der Waals surface area (Å²) >= 11 is 0. The van der Waals surface area contributed by atoms with Crippen LogP contribution in [0.2, 0.25) is 0 Å². The maximum absolute atomic E-state index is 12.5. The van der Waals surface area contributed by atoms with Crippen LogP contribution in [0.3, 0.4) is 0 Å². The molecule has 0 saturated carbocycles. The van der Waals surface area contributed by atoms with E-state index in [0.29, 0.717) is 111 Å². The molecule has 0 saturated heterocycles. The van der Waals surface area contributed by atoms with Gasteiger partial charge in [0.2, 0.25) is 0 Å². The first-order chi connectivity index (χ1) is 57.9. The molecule has 0 fully saturated rings. The van der Waals surface area contributed by atoms with Gasteiger partial charge in [-0.05, 0) is 74.4 Å². The Morgan fingerprint density at radius 1 is 0.168 bits per heavy atom. The summed E-state index contributed by atoms with van der Waals surface area (Å²) < 4.78 is 32.5. The first kappa shape index (κ1) is 118. The maximum atomic E-state index is 12.5. The Morgan fingerprint density at radius 3 is 0.429 bits per heavy atom. The minimum atomic E-state index is -0.193. The molecule has 0 N–H and O–H groups in total. The number of nitrogens with zero attached hydrogens (tertiary/aromatic N) is 8. The molecule has 0 aliphatic rings. The van der Waals surface area contributed by atoms with E-state index in [4.69, 9.17) is 28.4 Å². The second kappa shape index (κ2) is 93.7. The van der Waals surface area contributed by atoms with Crippen LogP contribution >= 0.6 is 0 Å². The molecule has 0 aromatic heterocycles.